The van der Waals surface area contributed by atoms with Crippen LogP contribution in [0.5, 0.6) is 0 Å². The Labute approximate surface area is 96.9 Å². The topological polar surface area (TPSA) is 54.7 Å². The molecule has 0 unspecified atom stereocenters. The number of halogens is 1. The minimum atomic E-state index is 0.628. The van der Waals surface area contributed by atoms with Crippen molar-refractivity contribution < 1.29 is 0 Å². The number of nitrogens with one attached hydrogen (secondary N) is 1. The van der Waals surface area contributed by atoms with Crippen molar-refractivity contribution in [1.29, 1.82) is 0 Å². The summed E-state index contributed by atoms with van der Waals surface area (Å²) in [5, 5.41) is 0. The van der Waals surface area contributed by atoms with Gasteiger partial charge in [0, 0.05) is 22.2 Å². The molecule has 4 heteroatoms. The Morgan fingerprint density at radius 2 is 2.27 bits per heavy atom. The average molecular weight is 266 g/mol. The number of aromatic nitrogens is 2. The van der Waals surface area contributed by atoms with Crippen molar-refractivity contribution in [3.05, 3.63) is 40.8 Å². The summed E-state index contributed by atoms with van der Waals surface area (Å²) in [6, 6.07) is 8.09. The second-order valence-electron chi connectivity index (χ2n) is 3.28. The van der Waals surface area contributed by atoms with Gasteiger partial charge in [-0.2, -0.15) is 0 Å². The molecule has 0 saturated heterocycles. The van der Waals surface area contributed by atoms with Gasteiger partial charge in [0.15, 0.2) is 0 Å². The second kappa shape index (κ2) is 4.59. The zero-order chi connectivity index (χ0) is 10.7. The smallest absolute Gasteiger partial charge is 0.0929 e. The van der Waals surface area contributed by atoms with Gasteiger partial charge in [-0.15, -0.1) is 0 Å². The first kappa shape index (κ1) is 10.4. The van der Waals surface area contributed by atoms with Crippen LogP contribution in [0.3, 0.4) is 0 Å². The van der Waals surface area contributed by atoms with Crippen LogP contribution < -0.4 is 5.73 Å². The lowest BCUT2D eigenvalue weighted by Crippen LogP contribution is -2.03. The molecule has 0 bridgehead atoms. The molecule has 1 aromatic heterocycles. The number of nitrogens with zero attached hydrogens (tertiary/aromatic N) is 1. The Balaban J connectivity index is 2.40. The van der Waals surface area contributed by atoms with E-state index < -0.39 is 0 Å². The standard InChI is InChI=1S/C11H12BrN3/c12-9-3-1-2-8(6-9)11-10(4-5-13)14-7-15-11/h1-3,6-7H,4-5,13H2,(H,14,15). The molecule has 78 valence electrons. The van der Waals surface area contributed by atoms with E-state index in [1.165, 1.54) is 0 Å². The SMILES string of the molecule is NCCc1[nH]cnc1-c1cccc(Br)c1. The predicted octanol–water partition coefficient (Wildman–Crippen LogP) is 2.34. The number of rotatable bonds is 3. The van der Waals surface area contributed by atoms with Crippen molar-refractivity contribution in [2.45, 2.75) is 6.42 Å². The van der Waals surface area contributed by atoms with Crippen molar-refractivity contribution in [2.24, 2.45) is 5.73 Å². The number of hydrogen-bond acceptors (Lipinski definition) is 2. The first-order valence-electron chi connectivity index (χ1n) is 4.79. The molecule has 0 aliphatic carbocycles. The van der Waals surface area contributed by atoms with Crippen LogP contribution in [0.1, 0.15) is 5.69 Å². The summed E-state index contributed by atoms with van der Waals surface area (Å²) in [6.07, 6.45) is 2.53. The lowest BCUT2D eigenvalue weighted by molar-refractivity contribution is 0.937. The van der Waals surface area contributed by atoms with Crippen molar-refractivity contribution in [3.8, 4) is 11.3 Å². The highest BCUT2D eigenvalue weighted by Crippen LogP contribution is 2.23. The van der Waals surface area contributed by atoms with E-state index in [0.717, 1.165) is 27.8 Å². The minimum Gasteiger partial charge on any atom is -0.348 e. The summed E-state index contributed by atoms with van der Waals surface area (Å²) in [7, 11) is 0. The molecule has 0 aliphatic rings. The first-order valence-corrected chi connectivity index (χ1v) is 5.59. The van der Waals surface area contributed by atoms with E-state index in [1.54, 1.807) is 6.33 Å². The normalized spacial score (nSPS) is 10.5. The van der Waals surface area contributed by atoms with Crippen molar-refractivity contribution >= 4 is 15.9 Å². The molecule has 1 aromatic carbocycles. The maximum absolute atomic E-state index is 5.54. The fourth-order valence-electron chi connectivity index (χ4n) is 1.54. The van der Waals surface area contributed by atoms with Crippen molar-refractivity contribution in [2.75, 3.05) is 6.54 Å². The summed E-state index contributed by atoms with van der Waals surface area (Å²) in [5.41, 5.74) is 8.73. The Hall–Kier alpha value is -1.13. The molecule has 15 heavy (non-hydrogen) atoms. The Kier molecular flexibility index (Phi) is 3.18. The highest BCUT2D eigenvalue weighted by molar-refractivity contribution is 9.10. The number of nitrogens with two attached hydrogens (primary N) is 1. The summed E-state index contributed by atoms with van der Waals surface area (Å²) in [5.74, 6) is 0. The molecule has 2 rings (SSSR count). The average Bonchev–Trinajstić information content (AvgIpc) is 2.66. The molecule has 1 heterocycles. The van der Waals surface area contributed by atoms with Crippen LogP contribution in [-0.4, -0.2) is 16.5 Å². The Bertz CT molecular complexity index is 451. The van der Waals surface area contributed by atoms with Gasteiger partial charge in [-0.05, 0) is 18.7 Å². The number of imidazole rings is 1. The van der Waals surface area contributed by atoms with Gasteiger partial charge in [-0.3, -0.25) is 0 Å². The fraction of sp³-hybridized carbons (Fsp3) is 0.182. The summed E-state index contributed by atoms with van der Waals surface area (Å²) < 4.78 is 1.06. The second-order valence-corrected chi connectivity index (χ2v) is 4.19. The van der Waals surface area contributed by atoms with Crippen LogP contribution in [0.4, 0.5) is 0 Å². The number of aromatic amines is 1. The fourth-order valence-corrected chi connectivity index (χ4v) is 1.94. The number of benzene rings is 1. The number of H-pyrrole nitrogens is 1. The van der Waals surface area contributed by atoms with Gasteiger partial charge in [0.05, 0.1) is 12.0 Å². The highest BCUT2D eigenvalue weighted by Gasteiger charge is 2.07. The van der Waals surface area contributed by atoms with Gasteiger partial charge in [0.1, 0.15) is 0 Å². The van der Waals surface area contributed by atoms with E-state index in [-0.39, 0.29) is 0 Å². The third-order valence-electron chi connectivity index (χ3n) is 2.21. The molecule has 0 saturated carbocycles. The van der Waals surface area contributed by atoms with Gasteiger partial charge in [0.25, 0.3) is 0 Å². The van der Waals surface area contributed by atoms with Gasteiger partial charge in [-0.25, -0.2) is 4.98 Å². The van der Waals surface area contributed by atoms with Gasteiger partial charge in [-0.1, -0.05) is 28.1 Å². The Morgan fingerprint density at radius 1 is 1.40 bits per heavy atom. The van der Waals surface area contributed by atoms with E-state index in [2.05, 4.69) is 32.0 Å². The van der Waals surface area contributed by atoms with Crippen molar-refractivity contribution in [1.82, 2.24) is 9.97 Å². The molecule has 0 fully saturated rings. The molecule has 2 aromatic rings. The summed E-state index contributed by atoms with van der Waals surface area (Å²) in [6.45, 7) is 0.628. The van der Waals surface area contributed by atoms with Crippen LogP contribution in [0.15, 0.2) is 35.1 Å². The van der Waals surface area contributed by atoms with Crippen molar-refractivity contribution in [3.63, 3.8) is 0 Å². The lowest BCUT2D eigenvalue weighted by atomic mass is 10.1. The van der Waals surface area contributed by atoms with Gasteiger partial charge < -0.3 is 10.7 Å². The molecule has 3 N–H and O–H groups in total. The zero-order valence-corrected chi connectivity index (χ0v) is 9.79. The first-order chi connectivity index (χ1) is 7.31. The summed E-state index contributed by atoms with van der Waals surface area (Å²) >= 11 is 3.45. The van der Waals surface area contributed by atoms with E-state index in [0.29, 0.717) is 6.54 Å². The maximum atomic E-state index is 5.54. The van der Waals surface area contributed by atoms with E-state index >= 15 is 0 Å². The van der Waals surface area contributed by atoms with Gasteiger partial charge in [0.2, 0.25) is 0 Å². The van der Waals surface area contributed by atoms with E-state index in [1.807, 2.05) is 18.2 Å². The molecule has 0 atom stereocenters. The molecule has 0 aliphatic heterocycles. The molecule has 0 radical (unpaired) electrons. The minimum absolute atomic E-state index is 0.628. The van der Waals surface area contributed by atoms with E-state index in [9.17, 15) is 0 Å². The molecule has 3 nitrogen and oxygen atoms in total. The molecule has 0 amide bonds. The monoisotopic (exact) mass is 265 g/mol. The lowest BCUT2D eigenvalue weighted by Gasteiger charge is -2.01. The Morgan fingerprint density at radius 3 is 3.00 bits per heavy atom. The third-order valence-corrected chi connectivity index (χ3v) is 2.70. The largest absolute Gasteiger partial charge is 0.348 e. The van der Waals surface area contributed by atoms with Crippen LogP contribution in [0, 0.1) is 0 Å². The quantitative estimate of drug-likeness (QED) is 0.895. The van der Waals surface area contributed by atoms with Crippen LogP contribution in [0.2, 0.25) is 0 Å². The summed E-state index contributed by atoms with van der Waals surface area (Å²) in [4.78, 5) is 7.43. The number of hydrogen-bond donors (Lipinski definition) is 2. The third kappa shape index (κ3) is 2.27. The van der Waals surface area contributed by atoms with E-state index in [4.69, 9.17) is 5.73 Å². The zero-order valence-electron chi connectivity index (χ0n) is 8.20. The molecular formula is C11H12BrN3. The maximum Gasteiger partial charge on any atom is 0.0929 e. The molecule has 0 spiro atoms. The van der Waals surface area contributed by atoms with Crippen LogP contribution in [-0.2, 0) is 6.42 Å². The molecular weight excluding hydrogens is 254 g/mol. The van der Waals surface area contributed by atoms with Gasteiger partial charge >= 0.3 is 0 Å². The van der Waals surface area contributed by atoms with Crippen LogP contribution >= 0.6 is 15.9 Å². The highest BCUT2D eigenvalue weighted by atomic mass is 79.9. The van der Waals surface area contributed by atoms with Crippen LogP contribution in [0.25, 0.3) is 11.3 Å². The predicted molar refractivity (Wildman–Crippen MR) is 64.5 cm³/mol.